The molecule has 0 radical (unpaired) electrons. The molecule has 23 heavy (non-hydrogen) atoms. The van der Waals surface area contributed by atoms with Crippen molar-refractivity contribution >= 4 is 27.5 Å². The molecule has 0 aliphatic carbocycles. The van der Waals surface area contributed by atoms with Gasteiger partial charge in [-0.2, -0.15) is 5.10 Å². The zero-order chi connectivity index (χ0) is 16.4. The summed E-state index contributed by atoms with van der Waals surface area (Å²) in [6.45, 7) is 0. The molecular formula is C17H13BrFN3O. The lowest BCUT2D eigenvalue weighted by Crippen LogP contribution is -2.12. The van der Waals surface area contributed by atoms with E-state index in [4.69, 9.17) is 0 Å². The van der Waals surface area contributed by atoms with Crippen molar-refractivity contribution < 1.29 is 9.18 Å². The predicted octanol–water partition coefficient (Wildman–Crippen LogP) is 4.24. The summed E-state index contributed by atoms with van der Waals surface area (Å²) in [5.74, 6) is -0.717. The fraction of sp³-hybridized carbons (Fsp3) is 0.0588. The summed E-state index contributed by atoms with van der Waals surface area (Å²) >= 11 is 3.40. The summed E-state index contributed by atoms with van der Waals surface area (Å²) in [4.78, 5) is 12.2. The molecule has 0 unspecified atom stereocenters. The molecule has 0 saturated heterocycles. The van der Waals surface area contributed by atoms with E-state index in [2.05, 4.69) is 26.3 Å². The summed E-state index contributed by atoms with van der Waals surface area (Å²) in [5, 5.41) is 6.84. The molecule has 2 aromatic carbocycles. The Hall–Kier alpha value is -2.47. The third kappa shape index (κ3) is 3.32. The monoisotopic (exact) mass is 373 g/mol. The van der Waals surface area contributed by atoms with Crippen LogP contribution in [0.15, 0.2) is 59.2 Å². The van der Waals surface area contributed by atoms with E-state index in [1.54, 1.807) is 48.3 Å². The standard InChI is InChI=1S/C17H13BrFN3O/c1-22-16(15(18)10-20-22)12-7-13(19)9-14(8-12)21-17(23)11-5-3-2-4-6-11/h2-10H,1H3,(H,21,23). The molecule has 4 nitrogen and oxygen atoms in total. The Morgan fingerprint density at radius 3 is 2.61 bits per heavy atom. The molecule has 0 aliphatic heterocycles. The Balaban J connectivity index is 1.94. The number of amides is 1. The van der Waals surface area contributed by atoms with E-state index < -0.39 is 5.82 Å². The summed E-state index contributed by atoms with van der Waals surface area (Å²) in [7, 11) is 1.77. The summed E-state index contributed by atoms with van der Waals surface area (Å²) in [5.41, 5.74) is 2.27. The Bertz CT molecular complexity index is 842. The molecule has 1 N–H and O–H groups in total. The van der Waals surface area contributed by atoms with Gasteiger partial charge < -0.3 is 5.32 Å². The topological polar surface area (TPSA) is 46.9 Å². The highest BCUT2D eigenvalue weighted by molar-refractivity contribution is 9.10. The van der Waals surface area contributed by atoms with Crippen LogP contribution >= 0.6 is 15.9 Å². The number of carbonyl (C=O) groups is 1. The molecule has 0 atom stereocenters. The number of nitrogens with zero attached hydrogens (tertiary/aromatic N) is 2. The predicted molar refractivity (Wildman–Crippen MR) is 90.7 cm³/mol. The maximum Gasteiger partial charge on any atom is 0.255 e. The first-order valence-electron chi connectivity index (χ1n) is 6.89. The molecule has 0 fully saturated rings. The molecule has 0 spiro atoms. The molecule has 0 bridgehead atoms. The molecule has 3 aromatic rings. The molecule has 116 valence electrons. The van der Waals surface area contributed by atoms with Gasteiger partial charge in [-0.1, -0.05) is 18.2 Å². The first-order valence-corrected chi connectivity index (χ1v) is 7.69. The highest BCUT2D eigenvalue weighted by Gasteiger charge is 2.13. The molecule has 1 aromatic heterocycles. The largest absolute Gasteiger partial charge is 0.322 e. The van der Waals surface area contributed by atoms with Crippen LogP contribution in [-0.2, 0) is 7.05 Å². The van der Waals surface area contributed by atoms with Crippen molar-refractivity contribution in [2.45, 2.75) is 0 Å². The van der Waals surface area contributed by atoms with Gasteiger partial charge in [-0.05, 0) is 46.3 Å². The number of aromatic nitrogens is 2. The Labute approximate surface area is 141 Å². The van der Waals surface area contributed by atoms with Crippen molar-refractivity contribution in [1.29, 1.82) is 0 Å². The van der Waals surface area contributed by atoms with Crippen molar-refractivity contribution in [3.05, 3.63) is 70.6 Å². The molecule has 0 aliphatic rings. The van der Waals surface area contributed by atoms with Gasteiger partial charge in [-0.3, -0.25) is 9.48 Å². The van der Waals surface area contributed by atoms with E-state index in [0.29, 0.717) is 16.8 Å². The molecule has 3 rings (SSSR count). The number of benzene rings is 2. The van der Waals surface area contributed by atoms with Crippen LogP contribution in [0.2, 0.25) is 0 Å². The van der Waals surface area contributed by atoms with E-state index in [1.807, 2.05) is 6.07 Å². The van der Waals surface area contributed by atoms with Crippen molar-refractivity contribution in [3.63, 3.8) is 0 Å². The minimum Gasteiger partial charge on any atom is -0.322 e. The van der Waals surface area contributed by atoms with Crippen LogP contribution in [0.1, 0.15) is 10.4 Å². The van der Waals surface area contributed by atoms with E-state index in [1.165, 1.54) is 12.1 Å². The first-order chi connectivity index (χ1) is 11.0. The molecular weight excluding hydrogens is 361 g/mol. The smallest absolute Gasteiger partial charge is 0.255 e. The van der Waals surface area contributed by atoms with Crippen LogP contribution in [0.3, 0.4) is 0 Å². The van der Waals surface area contributed by atoms with Gasteiger partial charge in [-0.15, -0.1) is 0 Å². The molecule has 1 heterocycles. The average molecular weight is 374 g/mol. The van der Waals surface area contributed by atoms with Gasteiger partial charge in [0.2, 0.25) is 0 Å². The number of anilines is 1. The maximum atomic E-state index is 13.9. The SMILES string of the molecule is Cn1ncc(Br)c1-c1cc(F)cc(NC(=O)c2ccccc2)c1. The van der Waals surface area contributed by atoms with Crippen LogP contribution in [0.5, 0.6) is 0 Å². The number of hydrogen-bond donors (Lipinski definition) is 1. The minimum atomic E-state index is -0.432. The normalized spacial score (nSPS) is 10.6. The second-order valence-corrected chi connectivity index (χ2v) is 5.87. The Kier molecular flexibility index (Phi) is 4.25. The first kappa shape index (κ1) is 15.4. The van der Waals surface area contributed by atoms with Crippen LogP contribution in [0, 0.1) is 5.82 Å². The Morgan fingerprint density at radius 2 is 1.96 bits per heavy atom. The van der Waals surface area contributed by atoms with Gasteiger partial charge in [0.15, 0.2) is 0 Å². The van der Waals surface area contributed by atoms with Gasteiger partial charge in [0.1, 0.15) is 5.82 Å². The molecule has 1 amide bonds. The number of halogens is 2. The quantitative estimate of drug-likeness (QED) is 0.746. The van der Waals surface area contributed by atoms with E-state index in [9.17, 15) is 9.18 Å². The fourth-order valence-electron chi connectivity index (χ4n) is 2.33. The van der Waals surface area contributed by atoms with Crippen LogP contribution in [0.4, 0.5) is 10.1 Å². The number of nitrogens with one attached hydrogen (secondary N) is 1. The van der Waals surface area contributed by atoms with E-state index in [0.717, 1.165) is 10.2 Å². The lowest BCUT2D eigenvalue weighted by Gasteiger charge is -2.09. The van der Waals surface area contributed by atoms with Gasteiger partial charge >= 0.3 is 0 Å². The fourth-order valence-corrected chi connectivity index (χ4v) is 2.90. The van der Waals surface area contributed by atoms with Gasteiger partial charge in [0.05, 0.1) is 16.4 Å². The van der Waals surface area contributed by atoms with Gasteiger partial charge in [-0.25, -0.2) is 4.39 Å². The second kappa shape index (κ2) is 6.34. The average Bonchev–Trinajstić information content (AvgIpc) is 2.86. The molecule has 0 saturated carbocycles. The number of hydrogen-bond acceptors (Lipinski definition) is 2. The Morgan fingerprint density at radius 1 is 1.22 bits per heavy atom. The van der Waals surface area contributed by atoms with E-state index >= 15 is 0 Å². The van der Waals surface area contributed by atoms with Crippen molar-refractivity contribution in [2.24, 2.45) is 7.05 Å². The minimum absolute atomic E-state index is 0.286. The van der Waals surface area contributed by atoms with Crippen LogP contribution in [-0.4, -0.2) is 15.7 Å². The third-order valence-electron chi connectivity index (χ3n) is 3.36. The van der Waals surface area contributed by atoms with Crippen molar-refractivity contribution in [1.82, 2.24) is 9.78 Å². The summed E-state index contributed by atoms with van der Waals surface area (Å²) < 4.78 is 16.3. The molecule has 6 heteroatoms. The zero-order valence-electron chi connectivity index (χ0n) is 12.3. The third-order valence-corrected chi connectivity index (χ3v) is 3.94. The number of rotatable bonds is 3. The highest BCUT2D eigenvalue weighted by atomic mass is 79.9. The van der Waals surface area contributed by atoms with Crippen LogP contribution < -0.4 is 5.32 Å². The lowest BCUT2D eigenvalue weighted by molar-refractivity contribution is 0.102. The lowest BCUT2D eigenvalue weighted by atomic mass is 10.1. The van der Waals surface area contributed by atoms with E-state index in [-0.39, 0.29) is 5.91 Å². The summed E-state index contributed by atoms with van der Waals surface area (Å²) in [6.07, 6.45) is 1.64. The second-order valence-electron chi connectivity index (χ2n) is 5.01. The van der Waals surface area contributed by atoms with Gasteiger partial charge in [0, 0.05) is 23.9 Å². The maximum absolute atomic E-state index is 13.9. The number of aryl methyl sites for hydroxylation is 1. The van der Waals surface area contributed by atoms with Crippen molar-refractivity contribution in [3.8, 4) is 11.3 Å². The van der Waals surface area contributed by atoms with Gasteiger partial charge in [0.25, 0.3) is 5.91 Å². The summed E-state index contributed by atoms with van der Waals surface area (Å²) in [6, 6.07) is 13.2. The van der Waals surface area contributed by atoms with Crippen molar-refractivity contribution in [2.75, 3.05) is 5.32 Å². The van der Waals surface area contributed by atoms with Crippen LogP contribution in [0.25, 0.3) is 11.3 Å². The number of carbonyl (C=O) groups excluding carboxylic acids is 1. The highest BCUT2D eigenvalue weighted by Crippen LogP contribution is 2.30. The zero-order valence-corrected chi connectivity index (χ0v) is 13.8.